The third-order valence-corrected chi connectivity index (χ3v) is 14.1. The van der Waals surface area contributed by atoms with E-state index in [1.807, 2.05) is 11.3 Å². The molecule has 0 radical (unpaired) electrons. The lowest BCUT2D eigenvalue weighted by atomic mass is 9.68. The molecule has 0 N–H and O–H groups in total. The average Bonchev–Trinajstić information content (AvgIpc) is 3.89. The van der Waals surface area contributed by atoms with Crippen LogP contribution in [0.15, 0.2) is 249 Å². The van der Waals surface area contributed by atoms with Crippen LogP contribution in [-0.4, -0.2) is 0 Å². The molecule has 0 aliphatic heterocycles. The van der Waals surface area contributed by atoms with Crippen LogP contribution in [0.25, 0.3) is 64.7 Å². The lowest BCUT2D eigenvalue weighted by Crippen LogP contribution is -2.28. The third-order valence-electron chi connectivity index (χ3n) is 13.0. The molecule has 1 aliphatic carbocycles. The molecule has 0 unspecified atom stereocenters. The van der Waals surface area contributed by atoms with Gasteiger partial charge < -0.3 is 4.90 Å². The molecule has 1 heterocycles. The molecule has 12 rings (SSSR count). The molecule has 0 saturated heterocycles. The Morgan fingerprint density at radius 3 is 1.57 bits per heavy atom. The summed E-state index contributed by atoms with van der Waals surface area (Å²) in [7, 11) is 0. The molecular weight excluding hydrogens is 779 g/mol. The van der Waals surface area contributed by atoms with Crippen molar-refractivity contribution in [3.05, 3.63) is 271 Å². The number of para-hydroxylation sites is 1. The zero-order valence-electron chi connectivity index (χ0n) is 34.5. The summed E-state index contributed by atoms with van der Waals surface area (Å²) < 4.78 is 2.63. The van der Waals surface area contributed by atoms with Crippen LogP contribution in [0.4, 0.5) is 17.1 Å². The zero-order valence-corrected chi connectivity index (χ0v) is 35.3. The maximum absolute atomic E-state index is 2.44. The summed E-state index contributed by atoms with van der Waals surface area (Å²) >= 11 is 1.86. The number of rotatable bonds is 8. The van der Waals surface area contributed by atoms with E-state index in [1.54, 1.807) is 0 Å². The fourth-order valence-corrected chi connectivity index (χ4v) is 11.2. The molecule has 1 aromatic heterocycles. The van der Waals surface area contributed by atoms with Crippen molar-refractivity contribution in [2.75, 3.05) is 4.90 Å². The Bertz CT molecular complexity index is 3390. The van der Waals surface area contributed by atoms with Crippen molar-refractivity contribution in [1.29, 1.82) is 0 Å². The molecule has 296 valence electrons. The summed E-state index contributed by atoms with van der Waals surface area (Å²) in [6.07, 6.45) is 0. The second-order valence-electron chi connectivity index (χ2n) is 16.4. The minimum absolute atomic E-state index is 0.472. The molecule has 1 aliphatic rings. The topological polar surface area (TPSA) is 3.24 Å². The van der Waals surface area contributed by atoms with E-state index in [9.17, 15) is 0 Å². The highest BCUT2D eigenvalue weighted by Gasteiger charge is 2.45. The van der Waals surface area contributed by atoms with E-state index >= 15 is 0 Å². The average molecular weight is 820 g/mol. The van der Waals surface area contributed by atoms with Gasteiger partial charge in [-0.2, -0.15) is 0 Å². The fraction of sp³-hybridized carbons (Fsp3) is 0.0164. The van der Waals surface area contributed by atoms with Crippen LogP contribution < -0.4 is 4.90 Å². The van der Waals surface area contributed by atoms with Crippen LogP contribution in [0, 0.1) is 0 Å². The lowest BCUT2D eigenvalue weighted by Gasteiger charge is -2.34. The molecule has 0 spiro atoms. The molecule has 1 nitrogen and oxygen atoms in total. The van der Waals surface area contributed by atoms with Gasteiger partial charge in [0.05, 0.1) is 11.1 Å². The van der Waals surface area contributed by atoms with Gasteiger partial charge >= 0.3 is 0 Å². The van der Waals surface area contributed by atoms with Crippen LogP contribution in [0.3, 0.4) is 0 Å². The summed E-state index contributed by atoms with van der Waals surface area (Å²) in [6.45, 7) is 0. The van der Waals surface area contributed by atoms with Crippen molar-refractivity contribution in [1.82, 2.24) is 0 Å². The molecule has 11 aromatic rings. The van der Waals surface area contributed by atoms with Crippen LogP contribution >= 0.6 is 11.3 Å². The standard InChI is InChI=1S/C61H41NS/c1-3-16-42(17-4-1)43-30-32-44(33-31-43)51-22-9-13-28-58(51)62(50-21-15-18-45(40-50)46-34-39-60-55(41-46)54-25-10-14-29-59(54)63-60)49-37-35-48(36-38-49)61(47-19-5-2-6-20-47)56-26-11-7-23-52(56)53-24-8-12-27-57(53)61/h1-41H. The van der Waals surface area contributed by atoms with Crippen molar-refractivity contribution >= 4 is 48.6 Å². The van der Waals surface area contributed by atoms with Crippen LogP contribution in [0.2, 0.25) is 0 Å². The summed E-state index contributed by atoms with van der Waals surface area (Å²) in [5.41, 5.74) is 17.7. The van der Waals surface area contributed by atoms with Gasteiger partial charge in [0.2, 0.25) is 0 Å². The monoisotopic (exact) mass is 819 g/mol. The lowest BCUT2D eigenvalue weighted by molar-refractivity contribution is 0.768. The Kier molecular flexibility index (Phi) is 8.98. The Labute approximate surface area is 372 Å². The number of hydrogen-bond acceptors (Lipinski definition) is 2. The first kappa shape index (κ1) is 37.0. The van der Waals surface area contributed by atoms with Crippen LogP contribution in [-0.2, 0) is 5.41 Å². The second kappa shape index (κ2) is 15.3. The first-order valence-corrected chi connectivity index (χ1v) is 22.5. The van der Waals surface area contributed by atoms with E-state index in [1.165, 1.54) is 81.4 Å². The van der Waals surface area contributed by atoms with Crippen molar-refractivity contribution in [2.45, 2.75) is 5.41 Å². The minimum Gasteiger partial charge on any atom is -0.310 e. The molecule has 0 bridgehead atoms. The molecule has 0 atom stereocenters. The number of anilines is 3. The Hall–Kier alpha value is -7.78. The Morgan fingerprint density at radius 1 is 0.302 bits per heavy atom. The third kappa shape index (κ3) is 6.14. The van der Waals surface area contributed by atoms with Crippen molar-refractivity contribution in [3.63, 3.8) is 0 Å². The smallest absolute Gasteiger partial charge is 0.0713 e. The van der Waals surface area contributed by atoms with Gasteiger partial charge in [0.1, 0.15) is 0 Å². The Balaban J connectivity index is 1.03. The Morgan fingerprint density at radius 2 is 0.825 bits per heavy atom. The maximum Gasteiger partial charge on any atom is 0.0713 e. The zero-order chi connectivity index (χ0) is 41.7. The van der Waals surface area contributed by atoms with Gasteiger partial charge in [0, 0.05) is 37.1 Å². The van der Waals surface area contributed by atoms with Gasteiger partial charge in [-0.05, 0) is 110 Å². The van der Waals surface area contributed by atoms with Gasteiger partial charge in [-0.15, -0.1) is 11.3 Å². The van der Waals surface area contributed by atoms with E-state index in [4.69, 9.17) is 0 Å². The highest BCUT2D eigenvalue weighted by Crippen LogP contribution is 2.56. The summed E-state index contributed by atoms with van der Waals surface area (Å²) in [4.78, 5) is 2.44. The molecule has 0 amide bonds. The predicted octanol–water partition coefficient (Wildman–Crippen LogP) is 16.9. The molecule has 0 fully saturated rings. The second-order valence-corrected chi connectivity index (χ2v) is 17.5. The summed E-state index contributed by atoms with van der Waals surface area (Å²) in [5, 5.41) is 2.61. The quantitative estimate of drug-likeness (QED) is 0.148. The maximum atomic E-state index is 2.44. The van der Waals surface area contributed by atoms with Gasteiger partial charge in [-0.3, -0.25) is 0 Å². The van der Waals surface area contributed by atoms with E-state index in [-0.39, 0.29) is 0 Å². The van der Waals surface area contributed by atoms with E-state index in [2.05, 4.69) is 254 Å². The van der Waals surface area contributed by atoms with Crippen molar-refractivity contribution < 1.29 is 0 Å². The summed E-state index contributed by atoms with van der Waals surface area (Å²) in [5.74, 6) is 0. The van der Waals surface area contributed by atoms with E-state index < -0.39 is 5.41 Å². The van der Waals surface area contributed by atoms with E-state index in [0.717, 1.165) is 22.6 Å². The molecule has 10 aromatic carbocycles. The number of nitrogens with zero attached hydrogens (tertiary/aromatic N) is 1. The van der Waals surface area contributed by atoms with Gasteiger partial charge in [0.25, 0.3) is 0 Å². The highest BCUT2D eigenvalue weighted by atomic mass is 32.1. The highest BCUT2D eigenvalue weighted by molar-refractivity contribution is 7.25. The predicted molar refractivity (Wildman–Crippen MR) is 268 cm³/mol. The molecular formula is C61H41NS. The van der Waals surface area contributed by atoms with Gasteiger partial charge in [-0.1, -0.05) is 200 Å². The van der Waals surface area contributed by atoms with Crippen molar-refractivity contribution in [2.24, 2.45) is 0 Å². The van der Waals surface area contributed by atoms with Crippen LogP contribution in [0.1, 0.15) is 22.3 Å². The number of thiophene rings is 1. The largest absolute Gasteiger partial charge is 0.310 e. The minimum atomic E-state index is -0.472. The van der Waals surface area contributed by atoms with Gasteiger partial charge in [-0.25, -0.2) is 0 Å². The first-order valence-electron chi connectivity index (χ1n) is 21.7. The van der Waals surface area contributed by atoms with Crippen molar-refractivity contribution in [3.8, 4) is 44.5 Å². The van der Waals surface area contributed by atoms with E-state index in [0.29, 0.717) is 0 Å². The summed E-state index contributed by atoms with van der Waals surface area (Å²) in [6, 6.07) is 91.5. The number of fused-ring (bicyclic) bond motifs is 6. The molecule has 2 heteroatoms. The number of benzene rings is 10. The fourth-order valence-electron chi connectivity index (χ4n) is 10.1. The van der Waals surface area contributed by atoms with Gasteiger partial charge in [0.15, 0.2) is 0 Å². The normalized spacial score (nSPS) is 12.6. The first-order chi connectivity index (χ1) is 31.2. The van der Waals surface area contributed by atoms with Crippen LogP contribution in [0.5, 0.6) is 0 Å². The number of hydrogen-bond donors (Lipinski definition) is 0. The molecule has 63 heavy (non-hydrogen) atoms. The SMILES string of the molecule is c1ccc(-c2ccc(-c3ccccc3N(c3ccc(C4(c5ccccc5)c5ccccc5-c5ccccc54)cc3)c3cccc(-c4ccc5sc6ccccc6c5c4)c3)cc2)cc1. The molecule has 0 saturated carbocycles.